The molecule has 0 radical (unpaired) electrons. The number of rotatable bonds is 2. The highest BCUT2D eigenvalue weighted by Crippen LogP contribution is 2.39. The number of ether oxygens (including phenoxy) is 1. The summed E-state index contributed by atoms with van der Waals surface area (Å²) in [5.74, 6) is 1.79. The van der Waals surface area contributed by atoms with E-state index in [1.54, 1.807) is 0 Å². The second-order valence-electron chi connectivity index (χ2n) is 5.04. The van der Waals surface area contributed by atoms with Crippen LogP contribution in [0.4, 0.5) is 5.82 Å². The molecule has 1 aromatic heterocycles. The van der Waals surface area contributed by atoms with E-state index in [1.807, 2.05) is 18.5 Å². The van der Waals surface area contributed by atoms with Gasteiger partial charge in [0.1, 0.15) is 17.3 Å². The molecule has 2 aliphatic rings. The van der Waals surface area contributed by atoms with Crippen LogP contribution >= 0.6 is 0 Å². The Morgan fingerprint density at radius 1 is 1.33 bits per heavy atom. The van der Waals surface area contributed by atoms with Crippen molar-refractivity contribution in [2.45, 2.75) is 25.3 Å². The molecule has 4 nitrogen and oxygen atoms in total. The van der Waals surface area contributed by atoms with Crippen molar-refractivity contribution in [1.82, 2.24) is 9.55 Å². The lowest BCUT2D eigenvalue weighted by Crippen LogP contribution is -1.99. The van der Waals surface area contributed by atoms with Crippen LogP contribution < -0.4 is 10.5 Å². The molecule has 4 rings (SSSR count). The number of benzene rings is 1. The Hall–Kier alpha value is -1.97. The molecule has 92 valence electrons. The van der Waals surface area contributed by atoms with Crippen LogP contribution in [0.2, 0.25) is 0 Å². The van der Waals surface area contributed by atoms with Gasteiger partial charge in [-0.25, -0.2) is 4.98 Å². The molecule has 0 bridgehead atoms. The monoisotopic (exact) mass is 241 g/mol. The standard InChI is InChI=1S/C14H15N3O/c15-14-13(16-8-17(14)11-2-3-11)10-1-4-12-9(7-10)5-6-18-12/h1,4,7-8,11H,2-3,5-6,15H2. The average Bonchev–Trinajstić information content (AvgIpc) is 2.99. The van der Waals surface area contributed by atoms with E-state index in [9.17, 15) is 0 Å². The quantitative estimate of drug-likeness (QED) is 0.878. The molecule has 2 aromatic rings. The molecule has 1 fully saturated rings. The number of fused-ring (bicyclic) bond motifs is 1. The van der Waals surface area contributed by atoms with Gasteiger partial charge < -0.3 is 15.0 Å². The summed E-state index contributed by atoms with van der Waals surface area (Å²) in [6, 6.07) is 6.79. The van der Waals surface area contributed by atoms with Crippen molar-refractivity contribution in [3.05, 3.63) is 30.1 Å². The minimum atomic E-state index is 0.573. The normalized spacial score (nSPS) is 17.6. The summed E-state index contributed by atoms with van der Waals surface area (Å²) < 4.78 is 7.61. The molecular formula is C14H15N3O. The van der Waals surface area contributed by atoms with Crippen molar-refractivity contribution in [2.24, 2.45) is 0 Å². The highest BCUT2D eigenvalue weighted by Gasteiger charge is 2.26. The number of anilines is 1. The van der Waals surface area contributed by atoms with Gasteiger partial charge in [0.15, 0.2) is 0 Å². The van der Waals surface area contributed by atoms with E-state index in [1.165, 1.54) is 18.4 Å². The number of hydrogen-bond donors (Lipinski definition) is 1. The molecule has 1 aliphatic carbocycles. The van der Waals surface area contributed by atoms with Crippen LogP contribution in [0.3, 0.4) is 0 Å². The number of nitrogens with zero attached hydrogens (tertiary/aromatic N) is 2. The molecule has 0 atom stereocenters. The smallest absolute Gasteiger partial charge is 0.131 e. The van der Waals surface area contributed by atoms with Crippen LogP contribution in [-0.2, 0) is 6.42 Å². The lowest BCUT2D eigenvalue weighted by atomic mass is 10.1. The maximum atomic E-state index is 6.19. The van der Waals surface area contributed by atoms with E-state index in [2.05, 4.69) is 15.6 Å². The number of nitrogen functional groups attached to an aromatic ring is 1. The van der Waals surface area contributed by atoms with Gasteiger partial charge in [-0.2, -0.15) is 0 Å². The van der Waals surface area contributed by atoms with E-state index >= 15 is 0 Å². The van der Waals surface area contributed by atoms with E-state index in [0.717, 1.165) is 35.9 Å². The molecule has 18 heavy (non-hydrogen) atoms. The second kappa shape index (κ2) is 3.51. The summed E-state index contributed by atoms with van der Waals surface area (Å²) in [5.41, 5.74) is 9.44. The Bertz CT molecular complexity index is 613. The first-order valence-corrected chi connectivity index (χ1v) is 6.41. The van der Waals surface area contributed by atoms with Crippen LogP contribution in [0.5, 0.6) is 5.75 Å². The molecule has 0 amide bonds. The fourth-order valence-corrected chi connectivity index (χ4v) is 2.57. The molecule has 1 saturated carbocycles. The topological polar surface area (TPSA) is 53.1 Å². The van der Waals surface area contributed by atoms with Crippen molar-refractivity contribution in [3.63, 3.8) is 0 Å². The minimum absolute atomic E-state index is 0.573. The molecule has 2 heterocycles. The van der Waals surface area contributed by atoms with Crippen molar-refractivity contribution < 1.29 is 4.74 Å². The van der Waals surface area contributed by atoms with Crippen LogP contribution in [0.15, 0.2) is 24.5 Å². The van der Waals surface area contributed by atoms with Gasteiger partial charge in [0, 0.05) is 18.0 Å². The lowest BCUT2D eigenvalue weighted by molar-refractivity contribution is 0.357. The maximum absolute atomic E-state index is 6.19. The molecule has 1 aliphatic heterocycles. The van der Waals surface area contributed by atoms with Crippen molar-refractivity contribution in [3.8, 4) is 17.0 Å². The summed E-state index contributed by atoms with van der Waals surface area (Å²) in [7, 11) is 0. The summed E-state index contributed by atoms with van der Waals surface area (Å²) in [6.07, 6.45) is 5.29. The zero-order valence-electron chi connectivity index (χ0n) is 10.1. The van der Waals surface area contributed by atoms with Gasteiger partial charge in [-0.3, -0.25) is 0 Å². The second-order valence-corrected chi connectivity index (χ2v) is 5.04. The maximum Gasteiger partial charge on any atom is 0.131 e. The van der Waals surface area contributed by atoms with Gasteiger partial charge >= 0.3 is 0 Å². The molecule has 0 saturated heterocycles. The molecule has 0 spiro atoms. The Labute approximate surface area is 105 Å². The number of hydrogen-bond acceptors (Lipinski definition) is 3. The Morgan fingerprint density at radius 2 is 2.22 bits per heavy atom. The third kappa shape index (κ3) is 1.41. The van der Waals surface area contributed by atoms with Crippen molar-refractivity contribution in [2.75, 3.05) is 12.3 Å². The van der Waals surface area contributed by atoms with E-state index in [-0.39, 0.29) is 0 Å². The molecule has 0 unspecified atom stereocenters. The van der Waals surface area contributed by atoms with Crippen LogP contribution in [0.25, 0.3) is 11.3 Å². The highest BCUT2D eigenvalue weighted by atomic mass is 16.5. The average molecular weight is 241 g/mol. The largest absolute Gasteiger partial charge is 0.493 e. The van der Waals surface area contributed by atoms with Gasteiger partial charge in [-0.15, -0.1) is 0 Å². The van der Waals surface area contributed by atoms with Crippen LogP contribution in [0.1, 0.15) is 24.4 Å². The third-order valence-electron chi connectivity index (χ3n) is 3.74. The fourth-order valence-electron chi connectivity index (χ4n) is 2.57. The summed E-state index contributed by atoms with van der Waals surface area (Å²) >= 11 is 0. The molecule has 2 N–H and O–H groups in total. The zero-order valence-corrected chi connectivity index (χ0v) is 10.1. The van der Waals surface area contributed by atoms with Gasteiger partial charge in [-0.05, 0) is 36.6 Å². The summed E-state index contributed by atoms with van der Waals surface area (Å²) in [4.78, 5) is 4.47. The number of imidazole rings is 1. The number of aromatic nitrogens is 2. The lowest BCUT2D eigenvalue weighted by Gasteiger charge is -2.05. The molecular weight excluding hydrogens is 226 g/mol. The van der Waals surface area contributed by atoms with Crippen LogP contribution in [0, 0.1) is 0 Å². The summed E-state index contributed by atoms with van der Waals surface area (Å²) in [6.45, 7) is 0.783. The van der Waals surface area contributed by atoms with Gasteiger partial charge in [0.25, 0.3) is 0 Å². The predicted molar refractivity (Wildman–Crippen MR) is 69.5 cm³/mol. The third-order valence-corrected chi connectivity index (χ3v) is 3.74. The first-order chi connectivity index (χ1) is 8.83. The fraction of sp³-hybridized carbons (Fsp3) is 0.357. The van der Waals surface area contributed by atoms with Crippen LogP contribution in [-0.4, -0.2) is 16.2 Å². The van der Waals surface area contributed by atoms with Crippen molar-refractivity contribution in [1.29, 1.82) is 0 Å². The predicted octanol–water partition coefficient (Wildman–Crippen LogP) is 2.40. The molecule has 4 heteroatoms. The minimum Gasteiger partial charge on any atom is -0.493 e. The number of nitrogens with two attached hydrogens (primary N) is 1. The van der Waals surface area contributed by atoms with Crippen molar-refractivity contribution >= 4 is 5.82 Å². The first-order valence-electron chi connectivity index (χ1n) is 6.41. The van der Waals surface area contributed by atoms with E-state index in [4.69, 9.17) is 10.5 Å². The Kier molecular flexibility index (Phi) is 1.95. The van der Waals surface area contributed by atoms with E-state index in [0.29, 0.717) is 6.04 Å². The van der Waals surface area contributed by atoms with Gasteiger partial charge in [0.2, 0.25) is 0 Å². The first kappa shape index (κ1) is 10.00. The summed E-state index contributed by atoms with van der Waals surface area (Å²) in [5, 5.41) is 0. The Balaban J connectivity index is 1.78. The van der Waals surface area contributed by atoms with E-state index < -0.39 is 0 Å². The highest BCUT2D eigenvalue weighted by molar-refractivity contribution is 5.72. The Morgan fingerprint density at radius 3 is 3.06 bits per heavy atom. The van der Waals surface area contributed by atoms with Gasteiger partial charge in [-0.1, -0.05) is 0 Å². The van der Waals surface area contributed by atoms with Gasteiger partial charge in [0.05, 0.1) is 12.9 Å². The zero-order chi connectivity index (χ0) is 12.1. The SMILES string of the molecule is Nc1c(-c2ccc3c(c2)CCO3)ncn1C1CC1. The molecule has 1 aromatic carbocycles.